The molecule has 0 saturated carbocycles. The van der Waals surface area contributed by atoms with Crippen molar-refractivity contribution >= 4 is 35.3 Å². The van der Waals surface area contributed by atoms with E-state index in [4.69, 9.17) is 23.7 Å². The summed E-state index contributed by atoms with van der Waals surface area (Å²) >= 11 is 1.57. The van der Waals surface area contributed by atoms with Crippen molar-refractivity contribution in [1.29, 1.82) is 0 Å². The number of aliphatic hydroxyl groups excluding tert-OH is 1. The number of nitrogens with zero attached hydrogens (tertiary/aromatic N) is 1. The zero-order valence-corrected chi connectivity index (χ0v) is 32.8. The summed E-state index contributed by atoms with van der Waals surface area (Å²) < 4.78 is 30.8. The fourth-order valence-electron chi connectivity index (χ4n) is 10.2. The van der Waals surface area contributed by atoms with Gasteiger partial charge in [-0.05, 0) is 74.4 Å². The molecule has 14 nitrogen and oxygen atoms in total. The number of rotatable bonds is 4. The van der Waals surface area contributed by atoms with Crippen LogP contribution in [-0.2, 0) is 37.5 Å². The van der Waals surface area contributed by atoms with Crippen LogP contribution in [0, 0.1) is 13.8 Å². The number of anilines is 1. The van der Waals surface area contributed by atoms with Crippen molar-refractivity contribution < 1.29 is 48.3 Å². The Morgan fingerprint density at radius 2 is 1.88 bits per heavy atom. The van der Waals surface area contributed by atoms with Crippen LogP contribution < -0.4 is 34.9 Å². The van der Waals surface area contributed by atoms with Gasteiger partial charge in [0.25, 0.3) is 0 Å². The van der Waals surface area contributed by atoms with Gasteiger partial charge in [-0.3, -0.25) is 19.8 Å². The van der Waals surface area contributed by atoms with Gasteiger partial charge in [-0.1, -0.05) is 12.1 Å². The molecule has 10 rings (SSSR count). The molecular weight excluding hydrogens is 741 g/mol. The number of carbonyl (C=O) groups excluding carboxylic acids is 3. The van der Waals surface area contributed by atoms with E-state index < -0.39 is 47.3 Å². The molecule has 7 aliphatic heterocycles. The molecule has 296 valence electrons. The second-order valence-electron chi connectivity index (χ2n) is 15.6. The molecule has 2 saturated heterocycles. The number of nitrogens with one attached hydrogen (secondary N) is 3. The number of ether oxygens (including phenoxy) is 5. The van der Waals surface area contributed by atoms with Gasteiger partial charge in [0.1, 0.15) is 19.0 Å². The lowest BCUT2D eigenvalue weighted by atomic mass is 9.77. The third-order valence-corrected chi connectivity index (χ3v) is 14.0. The minimum Gasteiger partial charge on any atom is -0.504 e. The summed E-state index contributed by atoms with van der Waals surface area (Å²) in [4.78, 5) is 42.2. The first-order valence-corrected chi connectivity index (χ1v) is 20.2. The SMILES string of the molecule is COc1c(C)cc2c(c1O)[C@H]1N[C@@H](CC2)[C@H](C)N2[C@H]1[C@@H]1SC[C@]3(NCCc4cc(NC(=O)CO)ccc43)C(=O)OC[C@H]2c2c3c(c(C)c(OC(C)=O)c21)OCO3. The number of aliphatic hydroxyl groups is 1. The maximum Gasteiger partial charge on any atom is 0.331 e. The fourth-order valence-corrected chi connectivity index (χ4v) is 11.9. The maximum atomic E-state index is 14.8. The fraction of sp³-hybridized carbons (Fsp3) is 0.488. The number of carbonyl (C=O) groups is 3. The van der Waals surface area contributed by atoms with Crippen LogP contribution in [0.5, 0.6) is 28.7 Å². The van der Waals surface area contributed by atoms with Crippen molar-refractivity contribution in [3.8, 4) is 28.7 Å². The van der Waals surface area contributed by atoms with Crippen molar-refractivity contribution in [2.75, 3.05) is 44.7 Å². The zero-order valence-electron chi connectivity index (χ0n) is 31.9. The summed E-state index contributed by atoms with van der Waals surface area (Å²) in [5, 5.41) is 31.2. The number of methoxy groups -OCH3 is 1. The van der Waals surface area contributed by atoms with Crippen molar-refractivity contribution in [3.63, 3.8) is 0 Å². The third kappa shape index (κ3) is 5.49. The van der Waals surface area contributed by atoms with Crippen LogP contribution in [-0.4, -0.2) is 90.5 Å². The van der Waals surface area contributed by atoms with E-state index in [-0.39, 0.29) is 43.0 Å². The van der Waals surface area contributed by atoms with Gasteiger partial charge in [0.2, 0.25) is 12.7 Å². The molecule has 0 unspecified atom stereocenters. The number of benzene rings is 3. The Kier molecular flexibility index (Phi) is 9.16. The van der Waals surface area contributed by atoms with Gasteiger partial charge in [0.15, 0.2) is 28.5 Å². The molecule has 2 fully saturated rings. The molecule has 3 aromatic rings. The predicted molar refractivity (Wildman–Crippen MR) is 206 cm³/mol. The van der Waals surface area contributed by atoms with Gasteiger partial charge in [0, 0.05) is 65.3 Å². The standard InChI is InChI=1S/C41H46N4O10S/c1-18-12-23-6-9-26-20(3)45-27-15-52-40(50)41(25-8-7-24(43-28(48)14-46)13-22(25)10-11-42-41)16-56-39(33(45)32(44-26)29(23)34(49)35(18)51-5)31-30(27)38-37(53-17-54-38)19(2)36(31)55-21(4)47/h7-8,12-13,20,26-27,32-33,39,42,44,46,49H,6,9-11,14-17H2,1-5H3,(H,43,48)/t20-,26-,27-,32+,33+,39+,41+/m0/s1. The molecule has 7 aliphatic rings. The lowest BCUT2D eigenvalue weighted by Crippen LogP contribution is -2.67. The smallest absolute Gasteiger partial charge is 0.331 e. The number of esters is 2. The first-order valence-electron chi connectivity index (χ1n) is 19.1. The summed E-state index contributed by atoms with van der Waals surface area (Å²) in [5.41, 5.74) is 5.74. The van der Waals surface area contributed by atoms with Crippen LogP contribution in [0.15, 0.2) is 24.3 Å². The Morgan fingerprint density at radius 3 is 2.64 bits per heavy atom. The summed E-state index contributed by atoms with van der Waals surface area (Å²) in [5.74, 6) is 0.786. The molecule has 3 aromatic carbocycles. The normalized spacial score (nSPS) is 28.6. The molecule has 4 bridgehead atoms. The number of aromatic hydroxyl groups is 1. The lowest BCUT2D eigenvalue weighted by Gasteiger charge is -2.58. The molecule has 0 aliphatic carbocycles. The quantitative estimate of drug-likeness (QED) is 0.191. The first kappa shape index (κ1) is 37.1. The molecule has 15 heteroatoms. The van der Waals surface area contributed by atoms with E-state index in [1.807, 2.05) is 26.0 Å². The Hall–Kier alpha value is -4.54. The Bertz CT molecular complexity index is 2180. The number of phenolic OH excluding ortho intramolecular Hbond substituents is 1. The number of piperazine rings is 1. The highest BCUT2D eigenvalue weighted by Crippen LogP contribution is 2.63. The molecule has 1 spiro atoms. The van der Waals surface area contributed by atoms with Crippen molar-refractivity contribution in [2.24, 2.45) is 0 Å². The number of thioether (sulfide) groups is 1. The second-order valence-corrected chi connectivity index (χ2v) is 16.7. The van der Waals surface area contributed by atoms with Crippen LogP contribution in [0.4, 0.5) is 5.69 Å². The second kappa shape index (κ2) is 13.8. The summed E-state index contributed by atoms with van der Waals surface area (Å²) in [6.45, 7) is 7.17. The van der Waals surface area contributed by atoms with Crippen LogP contribution in [0.2, 0.25) is 0 Å². The molecule has 5 N–H and O–H groups in total. The summed E-state index contributed by atoms with van der Waals surface area (Å²) in [6, 6.07) is 6.22. The van der Waals surface area contributed by atoms with Gasteiger partial charge in [-0.15, -0.1) is 11.8 Å². The van der Waals surface area contributed by atoms with Crippen molar-refractivity contribution in [1.82, 2.24) is 15.5 Å². The molecule has 56 heavy (non-hydrogen) atoms. The van der Waals surface area contributed by atoms with E-state index in [0.29, 0.717) is 47.2 Å². The average molecular weight is 787 g/mol. The van der Waals surface area contributed by atoms with Crippen molar-refractivity contribution in [2.45, 2.75) is 88.0 Å². The number of hydrogen-bond donors (Lipinski definition) is 5. The summed E-state index contributed by atoms with van der Waals surface area (Å²) in [7, 11) is 1.57. The van der Waals surface area contributed by atoms with E-state index in [2.05, 4.69) is 33.8 Å². The largest absolute Gasteiger partial charge is 0.504 e. The van der Waals surface area contributed by atoms with E-state index in [1.165, 1.54) is 6.92 Å². The summed E-state index contributed by atoms with van der Waals surface area (Å²) in [6.07, 6.45) is 2.15. The van der Waals surface area contributed by atoms with Gasteiger partial charge >= 0.3 is 11.9 Å². The highest BCUT2D eigenvalue weighted by atomic mass is 32.2. The molecule has 0 aromatic heterocycles. The van der Waals surface area contributed by atoms with Crippen LogP contribution in [0.3, 0.4) is 0 Å². The van der Waals surface area contributed by atoms with E-state index in [1.54, 1.807) is 24.9 Å². The number of amides is 1. The molecule has 0 radical (unpaired) electrons. The number of fused-ring (bicyclic) bond motifs is 9. The third-order valence-electron chi connectivity index (χ3n) is 12.6. The highest BCUT2D eigenvalue weighted by molar-refractivity contribution is 7.99. The molecule has 7 atom stereocenters. The predicted octanol–water partition coefficient (Wildman–Crippen LogP) is 3.75. The van der Waals surface area contributed by atoms with Crippen LogP contribution in [0.25, 0.3) is 0 Å². The first-order chi connectivity index (χ1) is 27.0. The Balaban J connectivity index is 1.27. The minimum absolute atomic E-state index is 0.00675. The van der Waals surface area contributed by atoms with Gasteiger partial charge in [-0.2, -0.15) is 0 Å². The molecular formula is C41H46N4O10S. The number of phenols is 1. The highest BCUT2D eigenvalue weighted by Gasteiger charge is 2.58. The van der Waals surface area contributed by atoms with Crippen LogP contribution in [0.1, 0.15) is 82.1 Å². The lowest BCUT2D eigenvalue weighted by molar-refractivity contribution is -0.155. The monoisotopic (exact) mass is 786 g/mol. The number of aryl methyl sites for hydroxylation is 2. The van der Waals surface area contributed by atoms with Crippen LogP contribution >= 0.6 is 11.8 Å². The van der Waals surface area contributed by atoms with E-state index >= 15 is 0 Å². The van der Waals surface area contributed by atoms with E-state index in [9.17, 15) is 24.6 Å². The minimum atomic E-state index is -1.27. The number of hydrogen-bond acceptors (Lipinski definition) is 14. The average Bonchev–Trinajstić information content (AvgIpc) is 3.61. The Labute approximate surface area is 328 Å². The van der Waals surface area contributed by atoms with Gasteiger partial charge < -0.3 is 44.5 Å². The molecule has 7 heterocycles. The van der Waals surface area contributed by atoms with Gasteiger partial charge in [0.05, 0.1) is 24.4 Å². The van der Waals surface area contributed by atoms with E-state index in [0.717, 1.165) is 51.8 Å². The van der Waals surface area contributed by atoms with Crippen molar-refractivity contribution in [3.05, 3.63) is 68.8 Å². The van der Waals surface area contributed by atoms with Gasteiger partial charge in [-0.25, -0.2) is 4.79 Å². The zero-order chi connectivity index (χ0) is 39.2. The molecule has 1 amide bonds. The Morgan fingerprint density at radius 1 is 1.07 bits per heavy atom. The maximum absolute atomic E-state index is 14.8. The topological polar surface area (TPSA) is 177 Å².